The fourth-order valence-electron chi connectivity index (χ4n) is 5.81. The van der Waals surface area contributed by atoms with Gasteiger partial charge in [0.25, 0.3) is 0 Å². The molecule has 1 fully saturated rings. The summed E-state index contributed by atoms with van der Waals surface area (Å²) in [6, 6.07) is 3.65. The van der Waals surface area contributed by atoms with E-state index in [2.05, 4.69) is 11.8 Å². The lowest BCUT2D eigenvalue weighted by molar-refractivity contribution is 0.0275. The predicted octanol–water partition coefficient (Wildman–Crippen LogP) is 7.42. The first-order chi connectivity index (χ1) is 19.2. The molecular formula is C32H48FN3O5S. The summed E-state index contributed by atoms with van der Waals surface area (Å²) in [5.74, 6) is 0. The first-order valence-electron chi connectivity index (χ1n) is 14.9. The standard InChI is InChI=1S/C32H48FN3O5S/c1-19-16-23-20(2)21(3)36(29(38)41-31(7,8)9)26(23)27(35(19)18-32(10,11)33)24-12-13-25(42-24)39-22-14-15-34(17-22)28(37)40-30(4,5)6/h12-13,19,22,27H,14-18H2,1-11H3/t19-,22+,27-/m1/s1. The third kappa shape index (κ3) is 7.30. The van der Waals surface area contributed by atoms with E-state index in [0.29, 0.717) is 25.9 Å². The lowest BCUT2D eigenvalue weighted by Crippen LogP contribution is -2.48. The topological polar surface area (TPSA) is 73.2 Å². The van der Waals surface area contributed by atoms with Crippen LogP contribution in [0.25, 0.3) is 0 Å². The van der Waals surface area contributed by atoms with Gasteiger partial charge in [-0.25, -0.2) is 14.0 Å². The van der Waals surface area contributed by atoms with E-state index < -0.39 is 23.0 Å². The molecule has 0 N–H and O–H groups in total. The van der Waals surface area contributed by atoms with Crippen LogP contribution in [0, 0.1) is 13.8 Å². The van der Waals surface area contributed by atoms with E-state index in [0.717, 1.165) is 32.5 Å². The first-order valence-corrected chi connectivity index (χ1v) is 15.7. The Balaban J connectivity index is 1.68. The van der Waals surface area contributed by atoms with Gasteiger partial charge in [-0.1, -0.05) is 0 Å². The molecule has 10 heteroatoms. The molecule has 4 rings (SSSR count). The number of carbonyl (C=O) groups is 2. The number of nitrogens with zero attached hydrogens (tertiary/aromatic N) is 3. The summed E-state index contributed by atoms with van der Waals surface area (Å²) < 4.78 is 34.7. The second-order valence-corrected chi connectivity index (χ2v) is 15.4. The van der Waals surface area contributed by atoms with Gasteiger partial charge in [0, 0.05) is 36.1 Å². The van der Waals surface area contributed by atoms with E-state index in [1.165, 1.54) is 11.3 Å². The van der Waals surface area contributed by atoms with E-state index in [1.807, 2.05) is 67.5 Å². The highest BCUT2D eigenvalue weighted by Gasteiger charge is 2.42. The molecule has 1 amide bonds. The smallest absolute Gasteiger partial charge is 0.419 e. The zero-order valence-corrected chi connectivity index (χ0v) is 27.9. The summed E-state index contributed by atoms with van der Waals surface area (Å²) in [7, 11) is 0. The number of hydrogen-bond donors (Lipinski definition) is 0. The van der Waals surface area contributed by atoms with Crippen LogP contribution in [0.15, 0.2) is 12.1 Å². The highest BCUT2D eigenvalue weighted by molar-refractivity contribution is 7.13. The van der Waals surface area contributed by atoms with Gasteiger partial charge in [-0.05, 0) is 106 Å². The molecule has 0 bridgehead atoms. The second-order valence-electron chi connectivity index (χ2n) is 14.3. The largest absolute Gasteiger partial charge is 0.479 e. The predicted molar refractivity (Wildman–Crippen MR) is 164 cm³/mol. The van der Waals surface area contributed by atoms with Gasteiger partial charge < -0.3 is 19.1 Å². The first kappa shape index (κ1) is 32.3. The quantitative estimate of drug-likeness (QED) is 0.353. The molecule has 42 heavy (non-hydrogen) atoms. The maximum Gasteiger partial charge on any atom is 0.419 e. The maximum atomic E-state index is 15.3. The molecule has 3 atom stereocenters. The molecule has 2 aliphatic heterocycles. The Bertz CT molecular complexity index is 1310. The zero-order chi connectivity index (χ0) is 31.4. The number of halogens is 1. The Kier molecular flexibility index (Phi) is 8.84. The summed E-state index contributed by atoms with van der Waals surface area (Å²) in [5.41, 5.74) is 1.20. The Hall–Kier alpha value is -2.59. The fourth-order valence-corrected chi connectivity index (χ4v) is 6.86. The van der Waals surface area contributed by atoms with Gasteiger partial charge >= 0.3 is 12.2 Å². The SMILES string of the molecule is Cc1c2c(n(C(=O)OC(C)(C)C)c1C)[C@@H](c1ccc(O[C@H]3CCN(C(=O)OC(C)(C)C)C3)s1)N(CC(C)(C)F)[C@H](C)C2. The van der Waals surface area contributed by atoms with Gasteiger partial charge in [0.1, 0.15) is 23.0 Å². The van der Waals surface area contributed by atoms with Gasteiger partial charge in [0.15, 0.2) is 5.06 Å². The number of fused-ring (bicyclic) bond motifs is 1. The number of thiophene rings is 1. The van der Waals surface area contributed by atoms with E-state index >= 15 is 4.39 Å². The molecule has 8 nitrogen and oxygen atoms in total. The van der Waals surface area contributed by atoms with Crippen molar-refractivity contribution >= 4 is 23.5 Å². The lowest BCUT2D eigenvalue weighted by atomic mass is 9.90. The van der Waals surface area contributed by atoms with Crippen LogP contribution in [0.1, 0.15) is 102 Å². The van der Waals surface area contributed by atoms with Gasteiger partial charge in [0.2, 0.25) is 0 Å². The molecule has 4 heterocycles. The van der Waals surface area contributed by atoms with Crippen LogP contribution in [0.5, 0.6) is 5.06 Å². The molecule has 2 aromatic heterocycles. The van der Waals surface area contributed by atoms with E-state index in [1.54, 1.807) is 23.3 Å². The van der Waals surface area contributed by atoms with E-state index in [9.17, 15) is 9.59 Å². The highest BCUT2D eigenvalue weighted by atomic mass is 32.1. The van der Waals surface area contributed by atoms with Gasteiger partial charge in [-0.3, -0.25) is 9.47 Å². The van der Waals surface area contributed by atoms with Gasteiger partial charge in [-0.15, -0.1) is 11.3 Å². The molecule has 0 spiro atoms. The molecule has 0 radical (unpaired) electrons. The molecule has 0 aromatic carbocycles. The Morgan fingerprint density at radius 1 is 1.00 bits per heavy atom. The van der Waals surface area contributed by atoms with Gasteiger partial charge in [0.05, 0.1) is 18.3 Å². The van der Waals surface area contributed by atoms with Crippen molar-refractivity contribution in [2.45, 2.75) is 124 Å². The fraction of sp³-hybridized carbons (Fsp3) is 0.688. The van der Waals surface area contributed by atoms with Crippen molar-refractivity contribution in [3.63, 3.8) is 0 Å². The van der Waals surface area contributed by atoms with Crippen LogP contribution in [0.4, 0.5) is 14.0 Å². The average Bonchev–Trinajstić information content (AvgIpc) is 3.52. The number of hydrogen-bond acceptors (Lipinski definition) is 7. The van der Waals surface area contributed by atoms with Crippen molar-refractivity contribution in [3.05, 3.63) is 39.5 Å². The van der Waals surface area contributed by atoms with Crippen LogP contribution < -0.4 is 4.74 Å². The molecule has 0 saturated carbocycles. The van der Waals surface area contributed by atoms with E-state index in [4.69, 9.17) is 14.2 Å². The van der Waals surface area contributed by atoms with Gasteiger partial charge in [-0.2, -0.15) is 0 Å². The molecular weight excluding hydrogens is 557 g/mol. The van der Waals surface area contributed by atoms with Crippen LogP contribution in [0.2, 0.25) is 0 Å². The molecule has 0 aliphatic carbocycles. The maximum absolute atomic E-state index is 15.3. The second kappa shape index (κ2) is 11.5. The van der Waals surface area contributed by atoms with Crippen molar-refractivity contribution in [1.29, 1.82) is 0 Å². The minimum atomic E-state index is -1.44. The number of rotatable bonds is 5. The minimum absolute atomic E-state index is 0.0498. The molecule has 234 valence electrons. The number of alkyl halides is 1. The highest BCUT2D eigenvalue weighted by Crippen LogP contribution is 2.46. The normalized spacial score (nSPS) is 21.8. The Labute approximate surface area is 254 Å². The number of ether oxygens (including phenoxy) is 3. The van der Waals surface area contributed by atoms with Crippen molar-refractivity contribution in [2.75, 3.05) is 19.6 Å². The summed E-state index contributed by atoms with van der Waals surface area (Å²) in [4.78, 5) is 31.0. The zero-order valence-electron chi connectivity index (χ0n) is 27.1. The number of carbonyl (C=O) groups excluding carboxylic acids is 2. The molecule has 0 unspecified atom stereocenters. The molecule has 1 saturated heterocycles. The van der Waals surface area contributed by atoms with Crippen LogP contribution in [-0.2, 0) is 15.9 Å². The van der Waals surface area contributed by atoms with Crippen molar-refractivity contribution < 1.29 is 28.2 Å². The lowest BCUT2D eigenvalue weighted by Gasteiger charge is -2.43. The Morgan fingerprint density at radius 3 is 2.21 bits per heavy atom. The van der Waals surface area contributed by atoms with Crippen molar-refractivity contribution in [3.8, 4) is 5.06 Å². The number of aromatic nitrogens is 1. The molecule has 2 aliphatic rings. The van der Waals surface area contributed by atoms with Crippen LogP contribution in [0.3, 0.4) is 0 Å². The number of likely N-dealkylation sites (tertiary alicyclic amines) is 1. The minimum Gasteiger partial charge on any atom is -0.479 e. The van der Waals surface area contributed by atoms with Crippen molar-refractivity contribution in [1.82, 2.24) is 14.4 Å². The van der Waals surface area contributed by atoms with E-state index in [-0.39, 0.29) is 30.8 Å². The molecule has 2 aromatic rings. The third-order valence-electron chi connectivity index (χ3n) is 7.62. The summed E-state index contributed by atoms with van der Waals surface area (Å²) in [5, 5.41) is 0.726. The van der Waals surface area contributed by atoms with Crippen LogP contribution in [-0.4, -0.2) is 75.2 Å². The monoisotopic (exact) mass is 605 g/mol. The number of amides is 1. The van der Waals surface area contributed by atoms with Crippen LogP contribution >= 0.6 is 11.3 Å². The summed E-state index contributed by atoms with van der Waals surface area (Å²) >= 11 is 1.50. The Morgan fingerprint density at radius 2 is 1.62 bits per heavy atom. The van der Waals surface area contributed by atoms with Crippen molar-refractivity contribution in [2.24, 2.45) is 0 Å². The average molecular weight is 606 g/mol. The third-order valence-corrected chi connectivity index (χ3v) is 8.65. The summed E-state index contributed by atoms with van der Waals surface area (Å²) in [6.45, 7) is 21.7. The summed E-state index contributed by atoms with van der Waals surface area (Å²) in [6.07, 6.45) is 0.508.